The number of amides is 1. The highest BCUT2D eigenvalue weighted by Gasteiger charge is 2.32. The monoisotopic (exact) mass is 639 g/mol. The van der Waals surface area contributed by atoms with E-state index in [9.17, 15) is 18.3 Å². The minimum Gasteiger partial charge on any atom is -0.483 e. The molecule has 0 saturated carbocycles. The molecule has 4 rings (SSSR count). The number of nitrogens with two attached hydrogens (primary N) is 2. The number of aryl methyl sites for hydroxylation is 2. The van der Waals surface area contributed by atoms with Crippen LogP contribution in [0.15, 0.2) is 65.6 Å². The first kappa shape index (κ1) is 33.3. The molecule has 0 aliphatic heterocycles. The molecule has 1 aromatic heterocycles. The van der Waals surface area contributed by atoms with E-state index in [2.05, 4.69) is 10.3 Å². The summed E-state index contributed by atoms with van der Waals surface area (Å²) in [5, 5.41) is 14.8. The third-order valence-electron chi connectivity index (χ3n) is 7.19. The summed E-state index contributed by atoms with van der Waals surface area (Å²) in [5.41, 5.74) is 15.8. The van der Waals surface area contributed by atoms with Crippen molar-refractivity contribution in [3.63, 3.8) is 0 Å². The van der Waals surface area contributed by atoms with E-state index in [0.717, 1.165) is 22.3 Å². The summed E-state index contributed by atoms with van der Waals surface area (Å²) in [4.78, 5) is 17.5. The number of ether oxygens (including phenoxy) is 1. The average Bonchev–Trinajstić information content (AvgIpc) is 3.35. The molecule has 10 nitrogen and oxygen atoms in total. The van der Waals surface area contributed by atoms with Gasteiger partial charge in [-0.1, -0.05) is 67.6 Å². The van der Waals surface area contributed by atoms with Crippen molar-refractivity contribution in [2.45, 2.75) is 57.7 Å². The van der Waals surface area contributed by atoms with Crippen molar-refractivity contribution < 1.29 is 23.1 Å². The second kappa shape index (κ2) is 14.5. The maximum Gasteiger partial charge on any atom is 0.258 e. The number of aromatic nitrogens is 1. The van der Waals surface area contributed by atoms with Crippen molar-refractivity contribution in [1.82, 2.24) is 14.6 Å². The van der Waals surface area contributed by atoms with Crippen molar-refractivity contribution in [3.8, 4) is 5.75 Å². The Morgan fingerprint density at radius 3 is 2.36 bits per heavy atom. The standard InChI is InChI=1S/C32H41N5O5S2/c1-20(2)17-37(44(40,41)25-10-11-26-29(15-25)43-32(34)36-26)18-28(38)27(14-23-8-6-5-7-9-23)35-30(39)19-42-31-21(3)12-24(16-33)13-22(31)4/h5-13,15,20,27-28,38H,14,16-19,33H2,1-4H3,(H2,34,36)(H,35,39)/t27-,28+/m0/s1. The van der Waals surface area contributed by atoms with E-state index in [0.29, 0.717) is 34.1 Å². The van der Waals surface area contributed by atoms with E-state index >= 15 is 0 Å². The second-order valence-electron chi connectivity index (χ2n) is 11.4. The molecule has 4 aromatic rings. The van der Waals surface area contributed by atoms with Gasteiger partial charge in [0.05, 0.1) is 27.3 Å². The number of thiazole rings is 1. The number of rotatable bonds is 14. The van der Waals surface area contributed by atoms with Crippen LogP contribution in [-0.2, 0) is 27.8 Å². The van der Waals surface area contributed by atoms with Gasteiger partial charge in [-0.3, -0.25) is 4.79 Å². The highest BCUT2D eigenvalue weighted by atomic mass is 32.2. The van der Waals surface area contributed by atoms with Gasteiger partial charge < -0.3 is 26.6 Å². The number of sulfonamides is 1. The zero-order chi connectivity index (χ0) is 32.0. The van der Waals surface area contributed by atoms with E-state index in [4.69, 9.17) is 16.2 Å². The number of carbonyl (C=O) groups excluding carboxylic acids is 1. The molecule has 0 aliphatic rings. The predicted molar refractivity (Wildman–Crippen MR) is 175 cm³/mol. The van der Waals surface area contributed by atoms with Gasteiger partial charge in [-0.25, -0.2) is 13.4 Å². The fourth-order valence-corrected chi connectivity index (χ4v) is 7.67. The number of nitrogen functional groups attached to an aromatic ring is 1. The highest BCUT2D eigenvalue weighted by molar-refractivity contribution is 7.89. The Hall–Kier alpha value is -3.55. The van der Waals surface area contributed by atoms with Gasteiger partial charge >= 0.3 is 0 Å². The number of benzene rings is 3. The maximum atomic E-state index is 13.9. The average molecular weight is 640 g/mol. The number of aliphatic hydroxyl groups is 1. The lowest BCUT2D eigenvalue weighted by Crippen LogP contribution is -2.52. The predicted octanol–water partition coefficient (Wildman–Crippen LogP) is 3.77. The highest BCUT2D eigenvalue weighted by Crippen LogP contribution is 2.28. The lowest BCUT2D eigenvalue weighted by Gasteiger charge is -2.30. The van der Waals surface area contributed by atoms with Crippen LogP contribution in [0.25, 0.3) is 10.2 Å². The minimum atomic E-state index is -4.00. The summed E-state index contributed by atoms with van der Waals surface area (Å²) in [6.07, 6.45) is -0.929. The van der Waals surface area contributed by atoms with E-state index in [1.54, 1.807) is 12.1 Å². The first-order chi connectivity index (χ1) is 20.9. The van der Waals surface area contributed by atoms with Crippen LogP contribution in [-0.4, -0.2) is 60.6 Å². The summed E-state index contributed by atoms with van der Waals surface area (Å²) in [6.45, 7) is 7.70. The molecule has 0 aliphatic carbocycles. The molecule has 6 N–H and O–H groups in total. The second-order valence-corrected chi connectivity index (χ2v) is 14.4. The number of anilines is 1. The minimum absolute atomic E-state index is 0.0209. The van der Waals surface area contributed by atoms with Crippen molar-refractivity contribution in [2.24, 2.45) is 11.7 Å². The number of hydrogen-bond acceptors (Lipinski definition) is 9. The van der Waals surface area contributed by atoms with Crippen LogP contribution >= 0.6 is 11.3 Å². The van der Waals surface area contributed by atoms with Gasteiger partial charge in [-0.05, 0) is 66.6 Å². The van der Waals surface area contributed by atoms with Crippen molar-refractivity contribution in [3.05, 3.63) is 82.9 Å². The number of carbonyl (C=O) groups is 1. The maximum absolute atomic E-state index is 13.9. The molecule has 0 radical (unpaired) electrons. The van der Waals surface area contributed by atoms with Gasteiger partial charge in [0.25, 0.3) is 5.91 Å². The topological polar surface area (TPSA) is 161 Å². The molecule has 1 heterocycles. The first-order valence-electron chi connectivity index (χ1n) is 14.5. The normalized spacial score (nSPS) is 13.4. The van der Waals surface area contributed by atoms with E-state index in [1.807, 2.05) is 70.2 Å². The molecule has 0 unspecified atom stereocenters. The lowest BCUT2D eigenvalue weighted by molar-refractivity contribution is -0.124. The number of hydrogen-bond donors (Lipinski definition) is 4. The van der Waals surface area contributed by atoms with Crippen molar-refractivity contribution in [2.75, 3.05) is 25.4 Å². The number of nitrogens with one attached hydrogen (secondary N) is 1. The van der Waals surface area contributed by atoms with Gasteiger partial charge in [-0.2, -0.15) is 4.31 Å². The summed E-state index contributed by atoms with van der Waals surface area (Å²) >= 11 is 1.21. The Labute approximate surface area is 263 Å². The van der Waals surface area contributed by atoms with Crippen LogP contribution in [0.2, 0.25) is 0 Å². The third-order valence-corrected chi connectivity index (χ3v) is 9.86. The van der Waals surface area contributed by atoms with E-state index in [1.165, 1.54) is 21.7 Å². The van der Waals surface area contributed by atoms with Crippen LogP contribution in [0.1, 0.15) is 36.1 Å². The van der Waals surface area contributed by atoms with Gasteiger partial charge in [0.1, 0.15) is 5.75 Å². The zero-order valence-electron chi connectivity index (χ0n) is 25.5. The molecule has 0 saturated heterocycles. The molecule has 2 atom stereocenters. The molecule has 0 spiro atoms. The van der Waals surface area contributed by atoms with Crippen LogP contribution in [0.4, 0.5) is 5.13 Å². The Balaban J connectivity index is 1.55. The molecular weight excluding hydrogens is 599 g/mol. The fourth-order valence-electron chi connectivity index (χ4n) is 5.17. The Morgan fingerprint density at radius 2 is 1.73 bits per heavy atom. The van der Waals surface area contributed by atoms with Crippen LogP contribution in [0.3, 0.4) is 0 Å². The van der Waals surface area contributed by atoms with Gasteiger partial charge in [0, 0.05) is 19.6 Å². The Bertz CT molecular complexity index is 1670. The Kier molecular flexibility index (Phi) is 11.0. The van der Waals surface area contributed by atoms with E-state index < -0.39 is 28.1 Å². The number of nitrogens with zero attached hydrogens (tertiary/aromatic N) is 2. The number of aliphatic hydroxyl groups excluding tert-OH is 1. The van der Waals surface area contributed by atoms with E-state index in [-0.39, 0.29) is 30.5 Å². The van der Waals surface area contributed by atoms with Crippen LogP contribution in [0.5, 0.6) is 5.75 Å². The summed E-state index contributed by atoms with van der Waals surface area (Å²) in [7, 11) is -4.00. The SMILES string of the molecule is Cc1cc(CN)cc(C)c1OCC(=O)N[C@@H](Cc1ccccc1)[C@H](O)CN(CC(C)C)S(=O)(=O)c1ccc2nc(N)sc2c1. The lowest BCUT2D eigenvalue weighted by atomic mass is 10.0. The molecule has 236 valence electrons. The van der Waals surface area contributed by atoms with Crippen molar-refractivity contribution in [1.29, 1.82) is 0 Å². The van der Waals surface area contributed by atoms with Gasteiger partial charge in [0.15, 0.2) is 11.7 Å². The summed E-state index contributed by atoms with van der Waals surface area (Å²) in [5.74, 6) is 0.150. The molecule has 12 heteroatoms. The molecule has 0 bridgehead atoms. The Morgan fingerprint density at radius 1 is 1.05 bits per heavy atom. The summed E-state index contributed by atoms with van der Waals surface area (Å²) in [6, 6.07) is 17.2. The molecule has 1 amide bonds. The quantitative estimate of drug-likeness (QED) is 0.162. The largest absolute Gasteiger partial charge is 0.483 e. The molecule has 3 aromatic carbocycles. The molecular formula is C32H41N5O5S2. The molecule has 44 heavy (non-hydrogen) atoms. The number of fused-ring (bicyclic) bond motifs is 1. The van der Waals surface area contributed by atoms with Crippen LogP contribution in [0, 0.1) is 19.8 Å². The summed E-state index contributed by atoms with van der Waals surface area (Å²) < 4.78 is 35.6. The molecule has 0 fully saturated rings. The van der Waals surface area contributed by atoms with Gasteiger partial charge in [-0.15, -0.1) is 0 Å². The third kappa shape index (κ3) is 8.33. The van der Waals surface area contributed by atoms with Crippen LogP contribution < -0.4 is 21.5 Å². The first-order valence-corrected chi connectivity index (χ1v) is 16.7. The smallest absolute Gasteiger partial charge is 0.258 e. The fraction of sp³-hybridized carbons (Fsp3) is 0.375. The van der Waals surface area contributed by atoms with Crippen molar-refractivity contribution >= 4 is 42.6 Å². The zero-order valence-corrected chi connectivity index (χ0v) is 27.1. The van der Waals surface area contributed by atoms with Gasteiger partial charge in [0.2, 0.25) is 10.0 Å².